The van der Waals surface area contributed by atoms with Crippen LogP contribution in [0.5, 0.6) is 0 Å². The van der Waals surface area contributed by atoms with Crippen LogP contribution in [0.4, 0.5) is 31.7 Å². The smallest absolute Gasteiger partial charge is 0.232 e. The number of benzene rings is 2. The van der Waals surface area contributed by atoms with Crippen LogP contribution in [0, 0.1) is 11.6 Å². The van der Waals surface area contributed by atoms with Crippen molar-refractivity contribution in [2.75, 3.05) is 34.8 Å². The molecular weight excluding hydrogens is 490 g/mol. The van der Waals surface area contributed by atoms with Gasteiger partial charge in [-0.25, -0.2) is 27.2 Å². The number of carbonyl (C=O) groups excluding carboxylic acids is 1. The Morgan fingerprint density at radius 3 is 2.64 bits per heavy atom. The number of anilines is 4. The maximum absolute atomic E-state index is 15.3. The fourth-order valence-corrected chi connectivity index (χ4v) is 4.83. The minimum Gasteiger partial charge on any atom is -0.378 e. The summed E-state index contributed by atoms with van der Waals surface area (Å²) < 4.78 is 56.3. The van der Waals surface area contributed by atoms with Gasteiger partial charge in [0.15, 0.2) is 5.82 Å². The summed E-state index contributed by atoms with van der Waals surface area (Å²) in [6.45, 7) is 1.65. The van der Waals surface area contributed by atoms with E-state index < -0.39 is 38.7 Å². The number of hydrogen-bond donors (Lipinski definition) is 3. The first-order valence-corrected chi connectivity index (χ1v) is 12.7. The average Bonchev–Trinajstić information content (AvgIpc) is 3.26. The second-order valence-corrected chi connectivity index (χ2v) is 10.1. The van der Waals surface area contributed by atoms with E-state index in [0.29, 0.717) is 12.1 Å². The third-order valence-electron chi connectivity index (χ3n) is 5.40. The van der Waals surface area contributed by atoms with E-state index in [0.717, 1.165) is 17.8 Å². The number of sulfonamides is 1. The van der Waals surface area contributed by atoms with Crippen molar-refractivity contribution in [2.45, 2.75) is 13.3 Å². The molecule has 2 heterocycles. The van der Waals surface area contributed by atoms with Crippen LogP contribution in [0.1, 0.15) is 29.3 Å². The number of aromatic amines is 1. The fraction of sp³-hybridized carbons (Fsp3) is 0.208. The predicted octanol–water partition coefficient (Wildman–Crippen LogP) is 4.43. The second-order valence-electron chi connectivity index (χ2n) is 8.25. The number of ketones is 1. The number of halogens is 2. The number of aromatic nitrogens is 3. The Labute approximate surface area is 206 Å². The van der Waals surface area contributed by atoms with Gasteiger partial charge >= 0.3 is 0 Å². The van der Waals surface area contributed by atoms with Crippen LogP contribution < -0.4 is 14.9 Å². The molecule has 4 aromatic rings. The summed E-state index contributed by atoms with van der Waals surface area (Å²) in [5, 5.41) is 3.36. The maximum atomic E-state index is 15.3. The molecule has 2 aromatic carbocycles. The SMILES string of the molecule is CCCS(=O)(=O)Nc1ccc(F)c(C(=O)c2c[nH]c3ncnc(Nc4cccc(N(C)C)c4)c23)c1F. The van der Waals surface area contributed by atoms with Crippen molar-refractivity contribution in [3.63, 3.8) is 0 Å². The van der Waals surface area contributed by atoms with Gasteiger partial charge in [-0.1, -0.05) is 13.0 Å². The van der Waals surface area contributed by atoms with E-state index in [-0.39, 0.29) is 28.2 Å². The summed E-state index contributed by atoms with van der Waals surface area (Å²) in [7, 11) is -0.0787. The largest absolute Gasteiger partial charge is 0.378 e. The normalized spacial score (nSPS) is 11.5. The van der Waals surface area contributed by atoms with Gasteiger partial charge in [-0.05, 0) is 36.8 Å². The third kappa shape index (κ3) is 4.98. The molecule has 0 spiro atoms. The highest BCUT2D eigenvalue weighted by atomic mass is 32.2. The molecule has 0 unspecified atom stereocenters. The van der Waals surface area contributed by atoms with Gasteiger partial charge in [0.2, 0.25) is 15.8 Å². The lowest BCUT2D eigenvalue weighted by atomic mass is 10.0. The minimum atomic E-state index is -3.87. The first-order valence-electron chi connectivity index (χ1n) is 11.0. The number of nitrogens with zero attached hydrogens (tertiary/aromatic N) is 3. The zero-order valence-corrected chi connectivity index (χ0v) is 20.6. The number of carbonyl (C=O) groups is 1. The molecule has 9 nitrogen and oxygen atoms in total. The van der Waals surface area contributed by atoms with Crippen LogP contribution in [0.3, 0.4) is 0 Å². The summed E-state index contributed by atoms with van der Waals surface area (Å²) in [6, 6.07) is 9.22. The van der Waals surface area contributed by atoms with E-state index in [2.05, 4.69) is 25.0 Å². The van der Waals surface area contributed by atoms with E-state index in [1.807, 2.05) is 37.2 Å². The van der Waals surface area contributed by atoms with Gasteiger partial charge in [0.05, 0.1) is 28.0 Å². The van der Waals surface area contributed by atoms with Crippen LogP contribution in [0.15, 0.2) is 48.9 Å². The Morgan fingerprint density at radius 2 is 1.92 bits per heavy atom. The lowest BCUT2D eigenvalue weighted by Gasteiger charge is -2.15. The molecule has 0 saturated heterocycles. The molecule has 3 N–H and O–H groups in total. The third-order valence-corrected chi connectivity index (χ3v) is 6.87. The van der Waals surface area contributed by atoms with Crippen LogP contribution >= 0.6 is 0 Å². The summed E-state index contributed by atoms with van der Waals surface area (Å²) in [5.74, 6) is -3.43. The molecule has 0 amide bonds. The number of H-pyrrole nitrogens is 1. The van der Waals surface area contributed by atoms with Crippen molar-refractivity contribution in [1.82, 2.24) is 15.0 Å². The summed E-state index contributed by atoms with van der Waals surface area (Å²) >= 11 is 0. The molecular formula is C24H24F2N6O3S. The van der Waals surface area contributed by atoms with E-state index in [1.54, 1.807) is 13.0 Å². The molecule has 4 rings (SSSR count). The quantitative estimate of drug-likeness (QED) is 0.283. The topological polar surface area (TPSA) is 120 Å². The Bertz CT molecular complexity index is 1550. The standard InChI is InChI=1S/C24H24F2N6O3S/c1-4-10-36(34,35)31-18-9-8-17(25)20(21(18)26)22(33)16-12-27-23-19(16)24(29-13-28-23)30-14-6-5-7-15(11-14)32(2)3/h5-9,11-13,31H,4,10H2,1-3H3,(H2,27,28,29,30). The zero-order valence-electron chi connectivity index (χ0n) is 19.8. The molecule has 0 saturated carbocycles. The van der Waals surface area contributed by atoms with Crippen molar-refractivity contribution in [3.05, 3.63) is 71.7 Å². The average molecular weight is 515 g/mol. The summed E-state index contributed by atoms with van der Waals surface area (Å²) in [5.41, 5.74) is 0.385. The molecule has 0 radical (unpaired) electrons. The van der Waals surface area contributed by atoms with Gasteiger partial charge in [0.25, 0.3) is 0 Å². The predicted molar refractivity (Wildman–Crippen MR) is 135 cm³/mol. The maximum Gasteiger partial charge on any atom is 0.232 e. The minimum absolute atomic E-state index is 0.0803. The Morgan fingerprint density at radius 1 is 1.14 bits per heavy atom. The van der Waals surface area contributed by atoms with Crippen molar-refractivity contribution in [1.29, 1.82) is 0 Å². The van der Waals surface area contributed by atoms with E-state index >= 15 is 4.39 Å². The first-order chi connectivity index (χ1) is 17.1. The molecule has 0 bridgehead atoms. The highest BCUT2D eigenvalue weighted by Gasteiger charge is 2.27. The Hall–Kier alpha value is -4.06. The van der Waals surface area contributed by atoms with E-state index in [1.165, 1.54) is 12.5 Å². The molecule has 0 aliphatic rings. The number of rotatable bonds is 9. The molecule has 0 fully saturated rings. The van der Waals surface area contributed by atoms with Crippen LogP contribution in [0.2, 0.25) is 0 Å². The lowest BCUT2D eigenvalue weighted by molar-refractivity contribution is 0.103. The van der Waals surface area contributed by atoms with E-state index in [4.69, 9.17) is 0 Å². The zero-order chi connectivity index (χ0) is 26.0. The lowest BCUT2D eigenvalue weighted by Crippen LogP contribution is -2.18. The Kier molecular flexibility index (Phi) is 6.88. The summed E-state index contributed by atoms with van der Waals surface area (Å²) in [4.78, 5) is 26.5. The molecule has 0 aliphatic carbocycles. The second kappa shape index (κ2) is 9.90. The highest BCUT2D eigenvalue weighted by molar-refractivity contribution is 7.92. The van der Waals surface area contributed by atoms with Gasteiger partial charge in [-0.15, -0.1) is 0 Å². The first kappa shape index (κ1) is 25.0. The van der Waals surface area contributed by atoms with Gasteiger partial charge in [0, 0.05) is 31.7 Å². The number of hydrogen-bond acceptors (Lipinski definition) is 7. The number of fused-ring (bicyclic) bond motifs is 1. The van der Waals surface area contributed by atoms with Crippen molar-refractivity contribution in [3.8, 4) is 0 Å². The molecule has 12 heteroatoms. The van der Waals surface area contributed by atoms with Crippen LogP contribution in [-0.4, -0.2) is 49.0 Å². The van der Waals surface area contributed by atoms with Crippen molar-refractivity contribution in [2.24, 2.45) is 0 Å². The van der Waals surface area contributed by atoms with Gasteiger partial charge in [0.1, 0.15) is 23.6 Å². The monoisotopic (exact) mass is 514 g/mol. The molecule has 0 aliphatic heterocycles. The van der Waals surface area contributed by atoms with Gasteiger partial charge in [-0.3, -0.25) is 9.52 Å². The van der Waals surface area contributed by atoms with Gasteiger partial charge < -0.3 is 15.2 Å². The summed E-state index contributed by atoms with van der Waals surface area (Å²) in [6.07, 6.45) is 2.87. The molecule has 0 atom stereocenters. The molecule has 188 valence electrons. The molecule has 36 heavy (non-hydrogen) atoms. The van der Waals surface area contributed by atoms with Crippen LogP contribution in [-0.2, 0) is 10.0 Å². The fourth-order valence-electron chi connectivity index (χ4n) is 3.70. The van der Waals surface area contributed by atoms with Crippen LogP contribution in [0.25, 0.3) is 11.0 Å². The Balaban J connectivity index is 1.77. The molecule has 2 aromatic heterocycles. The van der Waals surface area contributed by atoms with Gasteiger partial charge in [-0.2, -0.15) is 0 Å². The van der Waals surface area contributed by atoms with Crippen molar-refractivity contribution >= 4 is 49.7 Å². The van der Waals surface area contributed by atoms with E-state index in [9.17, 15) is 17.6 Å². The number of nitrogens with one attached hydrogen (secondary N) is 3. The highest BCUT2D eigenvalue weighted by Crippen LogP contribution is 2.31. The van der Waals surface area contributed by atoms with Crippen molar-refractivity contribution < 1.29 is 22.0 Å².